The molecule has 0 aromatic heterocycles. The third kappa shape index (κ3) is 4.37. The van der Waals surface area contributed by atoms with Crippen LogP contribution in [0.25, 0.3) is 0 Å². The van der Waals surface area contributed by atoms with Crippen molar-refractivity contribution >= 4 is 46.4 Å². The van der Waals surface area contributed by atoms with Crippen LogP contribution in [0.1, 0.15) is 5.56 Å². The lowest BCUT2D eigenvalue weighted by Crippen LogP contribution is -2.29. The van der Waals surface area contributed by atoms with Crippen molar-refractivity contribution in [1.82, 2.24) is 0 Å². The van der Waals surface area contributed by atoms with E-state index in [0.29, 0.717) is 27.2 Å². The molecule has 5 nitrogen and oxygen atoms in total. The Morgan fingerprint density at radius 1 is 0.913 bits per heavy atom. The highest BCUT2D eigenvalue weighted by Crippen LogP contribution is 2.27. The summed E-state index contributed by atoms with van der Waals surface area (Å²) in [5.74, 6) is -1.15. The van der Waals surface area contributed by atoms with Crippen LogP contribution in [0.3, 0.4) is 0 Å². The Morgan fingerprint density at radius 2 is 1.43 bits per heavy atom. The predicted octanol–water partition coefficient (Wildman–Crippen LogP) is 3.89. The number of rotatable bonds is 3. The van der Waals surface area contributed by atoms with Crippen LogP contribution in [0.2, 0.25) is 10.0 Å². The number of carbonyl (C=O) groups is 2. The van der Waals surface area contributed by atoms with E-state index in [1.807, 2.05) is 6.92 Å². The molecule has 0 saturated heterocycles. The third-order valence-electron chi connectivity index (χ3n) is 3.05. The molecule has 0 aliphatic heterocycles. The lowest BCUT2D eigenvalue weighted by molar-refractivity contribution is -0.132. The highest BCUT2D eigenvalue weighted by Gasteiger charge is 2.15. The zero-order valence-corrected chi connectivity index (χ0v) is 14.0. The second kappa shape index (κ2) is 7.35. The highest BCUT2D eigenvalue weighted by molar-refractivity contribution is 6.44. The Hall–Kier alpha value is -2.24. The number of methoxy groups -OCH3 is 1. The molecule has 0 fully saturated rings. The van der Waals surface area contributed by atoms with Gasteiger partial charge in [0, 0.05) is 16.4 Å². The Labute approximate surface area is 143 Å². The van der Waals surface area contributed by atoms with E-state index in [9.17, 15) is 9.59 Å². The molecule has 2 aromatic rings. The molecule has 2 rings (SSSR count). The van der Waals surface area contributed by atoms with Crippen molar-refractivity contribution in [3.05, 3.63) is 52.0 Å². The Kier molecular flexibility index (Phi) is 5.47. The summed E-state index contributed by atoms with van der Waals surface area (Å²) < 4.78 is 5.02. The predicted molar refractivity (Wildman–Crippen MR) is 91.5 cm³/mol. The van der Waals surface area contributed by atoms with Crippen LogP contribution < -0.4 is 15.4 Å². The zero-order valence-electron chi connectivity index (χ0n) is 12.4. The number of hydrogen-bond donors (Lipinski definition) is 2. The number of nitrogens with one attached hydrogen (secondary N) is 2. The van der Waals surface area contributed by atoms with Gasteiger partial charge in [0.2, 0.25) is 0 Å². The lowest BCUT2D eigenvalue weighted by Gasteiger charge is -2.09. The molecule has 120 valence electrons. The van der Waals surface area contributed by atoms with Gasteiger partial charge in [0.05, 0.1) is 12.1 Å². The smallest absolute Gasteiger partial charge is 0.314 e. The van der Waals surface area contributed by atoms with E-state index in [2.05, 4.69) is 10.6 Å². The summed E-state index contributed by atoms with van der Waals surface area (Å²) >= 11 is 11.9. The molecular weight excluding hydrogens is 339 g/mol. The molecule has 0 atom stereocenters. The maximum Gasteiger partial charge on any atom is 0.314 e. The molecule has 0 radical (unpaired) electrons. The average molecular weight is 353 g/mol. The van der Waals surface area contributed by atoms with Crippen LogP contribution in [0.4, 0.5) is 11.4 Å². The summed E-state index contributed by atoms with van der Waals surface area (Å²) in [6, 6.07) is 9.66. The molecule has 0 aliphatic carbocycles. The number of hydrogen-bond acceptors (Lipinski definition) is 3. The fourth-order valence-electron chi connectivity index (χ4n) is 1.79. The first-order valence-electron chi connectivity index (χ1n) is 6.62. The standard InChI is InChI=1S/C16H14Cl2N2O3/c1-9-3-4-10(7-12(9)17)19-15(21)16(22)20-11-5-6-14(23-2)13(18)8-11/h3-8H,1-2H3,(H,19,21)(H,20,22). The second-order valence-electron chi connectivity index (χ2n) is 4.72. The van der Waals surface area contributed by atoms with Crippen molar-refractivity contribution in [2.45, 2.75) is 6.92 Å². The molecule has 2 aromatic carbocycles. The van der Waals surface area contributed by atoms with Crippen molar-refractivity contribution in [3.63, 3.8) is 0 Å². The minimum atomic E-state index is -0.817. The maximum atomic E-state index is 11.9. The van der Waals surface area contributed by atoms with E-state index < -0.39 is 11.8 Å². The van der Waals surface area contributed by atoms with Gasteiger partial charge in [-0.05, 0) is 42.8 Å². The minimum Gasteiger partial charge on any atom is -0.495 e. The van der Waals surface area contributed by atoms with Gasteiger partial charge in [-0.1, -0.05) is 29.3 Å². The summed E-state index contributed by atoms with van der Waals surface area (Å²) in [5.41, 5.74) is 1.70. The van der Waals surface area contributed by atoms with Crippen LogP contribution in [0, 0.1) is 6.92 Å². The Balaban J connectivity index is 2.03. The van der Waals surface area contributed by atoms with Gasteiger partial charge in [-0.25, -0.2) is 0 Å². The van der Waals surface area contributed by atoms with Gasteiger partial charge in [-0.3, -0.25) is 9.59 Å². The number of ether oxygens (including phenoxy) is 1. The van der Waals surface area contributed by atoms with Gasteiger partial charge < -0.3 is 15.4 Å². The van der Waals surface area contributed by atoms with Crippen LogP contribution in [0.5, 0.6) is 5.75 Å². The van der Waals surface area contributed by atoms with Crippen molar-refractivity contribution in [3.8, 4) is 5.75 Å². The number of aryl methyl sites for hydroxylation is 1. The monoisotopic (exact) mass is 352 g/mol. The van der Waals surface area contributed by atoms with Gasteiger partial charge >= 0.3 is 11.8 Å². The summed E-state index contributed by atoms with van der Waals surface area (Å²) in [7, 11) is 1.49. The lowest BCUT2D eigenvalue weighted by atomic mass is 10.2. The van der Waals surface area contributed by atoms with Crippen LogP contribution in [-0.4, -0.2) is 18.9 Å². The highest BCUT2D eigenvalue weighted by atomic mass is 35.5. The zero-order chi connectivity index (χ0) is 17.0. The molecule has 0 heterocycles. The fraction of sp³-hybridized carbons (Fsp3) is 0.125. The van der Waals surface area contributed by atoms with Crippen LogP contribution in [0.15, 0.2) is 36.4 Å². The Morgan fingerprint density at radius 3 is 1.91 bits per heavy atom. The van der Waals surface area contributed by atoms with Crippen molar-refractivity contribution in [1.29, 1.82) is 0 Å². The summed E-state index contributed by atoms with van der Waals surface area (Å²) in [5, 5.41) is 5.76. The number of carbonyl (C=O) groups excluding carboxylic acids is 2. The molecule has 0 spiro atoms. The van der Waals surface area contributed by atoms with Gasteiger partial charge in [0.15, 0.2) is 0 Å². The Bertz CT molecular complexity index is 763. The van der Waals surface area contributed by atoms with E-state index in [0.717, 1.165) is 5.56 Å². The van der Waals surface area contributed by atoms with Gasteiger partial charge in [-0.15, -0.1) is 0 Å². The number of benzene rings is 2. The van der Waals surface area contributed by atoms with Crippen molar-refractivity contribution in [2.75, 3.05) is 17.7 Å². The molecule has 2 amide bonds. The first-order chi connectivity index (χ1) is 10.9. The minimum absolute atomic E-state index is 0.330. The molecule has 0 aliphatic rings. The molecule has 2 N–H and O–H groups in total. The molecule has 23 heavy (non-hydrogen) atoms. The summed E-state index contributed by atoms with van der Waals surface area (Å²) in [6.45, 7) is 1.84. The number of halogens is 2. The first-order valence-corrected chi connectivity index (χ1v) is 7.38. The largest absolute Gasteiger partial charge is 0.495 e. The average Bonchev–Trinajstić information content (AvgIpc) is 2.51. The van der Waals surface area contributed by atoms with E-state index in [4.69, 9.17) is 27.9 Å². The van der Waals surface area contributed by atoms with E-state index in [1.54, 1.807) is 30.3 Å². The first kappa shape index (κ1) is 17.1. The topological polar surface area (TPSA) is 67.4 Å². The molecule has 0 unspecified atom stereocenters. The second-order valence-corrected chi connectivity index (χ2v) is 5.54. The van der Waals surface area contributed by atoms with Crippen molar-refractivity contribution in [2.24, 2.45) is 0 Å². The van der Waals surface area contributed by atoms with Gasteiger partial charge in [0.25, 0.3) is 0 Å². The van der Waals surface area contributed by atoms with Gasteiger partial charge in [-0.2, -0.15) is 0 Å². The molecule has 0 bridgehead atoms. The molecular formula is C16H14Cl2N2O3. The third-order valence-corrected chi connectivity index (χ3v) is 3.75. The quantitative estimate of drug-likeness (QED) is 0.823. The summed E-state index contributed by atoms with van der Waals surface area (Å²) in [6.07, 6.45) is 0. The SMILES string of the molecule is COc1ccc(NC(=O)C(=O)Nc2ccc(C)c(Cl)c2)cc1Cl. The van der Waals surface area contributed by atoms with Gasteiger partial charge in [0.1, 0.15) is 5.75 Å². The van der Waals surface area contributed by atoms with Crippen LogP contribution in [-0.2, 0) is 9.59 Å². The van der Waals surface area contributed by atoms with E-state index in [1.165, 1.54) is 13.2 Å². The van der Waals surface area contributed by atoms with Crippen LogP contribution >= 0.6 is 23.2 Å². The maximum absolute atomic E-state index is 11.9. The van der Waals surface area contributed by atoms with E-state index >= 15 is 0 Å². The van der Waals surface area contributed by atoms with Crippen molar-refractivity contribution < 1.29 is 14.3 Å². The normalized spacial score (nSPS) is 10.1. The molecule has 0 saturated carbocycles. The fourth-order valence-corrected chi connectivity index (χ4v) is 2.23. The summed E-state index contributed by atoms with van der Waals surface area (Å²) in [4.78, 5) is 23.8. The number of amides is 2. The number of anilines is 2. The van der Waals surface area contributed by atoms with E-state index in [-0.39, 0.29) is 0 Å². The molecule has 7 heteroatoms.